The normalized spacial score (nSPS) is 18.2. The molecule has 2 rings (SSSR count). The van der Waals surface area contributed by atoms with E-state index in [1.807, 2.05) is 20.8 Å². The molecular weight excluding hydrogens is 261 g/mol. The Morgan fingerprint density at radius 1 is 1.55 bits per heavy atom. The summed E-state index contributed by atoms with van der Waals surface area (Å²) in [5.41, 5.74) is 5.26. The minimum Gasteiger partial charge on any atom is -0.444 e. The van der Waals surface area contributed by atoms with Crippen molar-refractivity contribution in [1.82, 2.24) is 9.88 Å². The number of likely N-dealkylation sites (tertiary alicyclic amines) is 1. The van der Waals surface area contributed by atoms with Crippen LogP contribution in [0.25, 0.3) is 0 Å². The van der Waals surface area contributed by atoms with Crippen molar-refractivity contribution in [2.75, 3.05) is 13.1 Å². The predicted octanol–water partition coefficient (Wildman–Crippen LogP) is 2.18. The highest BCUT2D eigenvalue weighted by molar-refractivity contribution is 5.68. The van der Waals surface area contributed by atoms with Crippen LogP contribution in [0.4, 0.5) is 9.18 Å². The Morgan fingerprint density at radius 2 is 2.25 bits per heavy atom. The summed E-state index contributed by atoms with van der Waals surface area (Å²) in [6, 6.07) is 3.02. The Kier molecular flexibility index (Phi) is 5.88. The average molecular weight is 283 g/mol. The van der Waals surface area contributed by atoms with Crippen molar-refractivity contribution >= 4 is 6.09 Å². The number of carbonyl (C=O) groups excluding carboxylic acids is 1. The highest BCUT2D eigenvalue weighted by atomic mass is 19.1. The summed E-state index contributed by atoms with van der Waals surface area (Å²) in [7, 11) is 0. The number of nitrogens with two attached hydrogens (primary N) is 1. The summed E-state index contributed by atoms with van der Waals surface area (Å²) in [6.45, 7) is 6.92. The van der Waals surface area contributed by atoms with Gasteiger partial charge in [0.2, 0.25) is 0 Å². The molecule has 0 bridgehead atoms. The van der Waals surface area contributed by atoms with Gasteiger partial charge in [-0.2, -0.15) is 0 Å². The van der Waals surface area contributed by atoms with Crippen LogP contribution < -0.4 is 5.73 Å². The van der Waals surface area contributed by atoms with Crippen molar-refractivity contribution in [3.63, 3.8) is 0 Å². The van der Waals surface area contributed by atoms with Gasteiger partial charge in [-0.25, -0.2) is 9.18 Å². The van der Waals surface area contributed by atoms with Gasteiger partial charge in [0.15, 0.2) is 0 Å². The van der Waals surface area contributed by atoms with Gasteiger partial charge < -0.3 is 15.4 Å². The van der Waals surface area contributed by atoms with Crippen LogP contribution in [-0.2, 0) is 4.74 Å². The van der Waals surface area contributed by atoms with Gasteiger partial charge in [0.1, 0.15) is 11.4 Å². The molecule has 112 valence electrons. The van der Waals surface area contributed by atoms with E-state index in [0.717, 1.165) is 13.0 Å². The predicted molar refractivity (Wildman–Crippen MR) is 74.6 cm³/mol. The molecule has 0 saturated carbocycles. The van der Waals surface area contributed by atoms with Crippen molar-refractivity contribution in [2.45, 2.75) is 38.8 Å². The third-order valence-corrected chi connectivity index (χ3v) is 2.50. The minimum absolute atomic E-state index is 0.118. The van der Waals surface area contributed by atoms with Crippen LogP contribution in [-0.4, -0.2) is 40.7 Å². The van der Waals surface area contributed by atoms with Gasteiger partial charge in [0.25, 0.3) is 0 Å². The molecule has 1 amide bonds. The summed E-state index contributed by atoms with van der Waals surface area (Å²) in [6.07, 6.45) is 3.32. The van der Waals surface area contributed by atoms with Crippen LogP contribution in [0.5, 0.6) is 0 Å². The van der Waals surface area contributed by atoms with Crippen molar-refractivity contribution in [1.29, 1.82) is 0 Å². The van der Waals surface area contributed by atoms with Gasteiger partial charge in [-0.15, -0.1) is 0 Å². The van der Waals surface area contributed by atoms with E-state index >= 15 is 0 Å². The molecule has 0 spiro atoms. The Morgan fingerprint density at radius 3 is 2.60 bits per heavy atom. The number of nitrogens with zero attached hydrogens (tertiary/aromatic N) is 2. The van der Waals surface area contributed by atoms with Gasteiger partial charge in [0, 0.05) is 25.3 Å². The minimum atomic E-state index is -0.413. The lowest BCUT2D eigenvalue weighted by atomic mass is 10.2. The number of amides is 1. The summed E-state index contributed by atoms with van der Waals surface area (Å²) in [5, 5.41) is 0. The standard InChI is InChI=1S/C9H18N2O2.C5H4FN/c1-9(2,3)13-8(12)11-5-4-7(10)6-11;6-5-2-1-3-7-4-5/h7H,4-6,10H2,1-3H3;1-4H. The fourth-order valence-corrected chi connectivity index (χ4v) is 1.62. The second-order valence-corrected chi connectivity index (χ2v) is 5.65. The van der Waals surface area contributed by atoms with Gasteiger partial charge in [0.05, 0.1) is 6.20 Å². The molecule has 1 aromatic heterocycles. The van der Waals surface area contributed by atoms with Crippen molar-refractivity contribution in [3.8, 4) is 0 Å². The van der Waals surface area contributed by atoms with E-state index in [0.29, 0.717) is 6.54 Å². The number of ether oxygens (including phenoxy) is 1. The number of rotatable bonds is 0. The van der Waals surface area contributed by atoms with Crippen LogP contribution >= 0.6 is 0 Å². The lowest BCUT2D eigenvalue weighted by molar-refractivity contribution is 0.0292. The summed E-state index contributed by atoms with van der Waals surface area (Å²) in [4.78, 5) is 16.6. The highest BCUT2D eigenvalue weighted by Crippen LogP contribution is 2.13. The first-order valence-corrected chi connectivity index (χ1v) is 6.57. The van der Waals surface area contributed by atoms with Crippen LogP contribution in [0.3, 0.4) is 0 Å². The number of hydrogen-bond acceptors (Lipinski definition) is 4. The molecular formula is C14H22FN3O2. The van der Waals surface area contributed by atoms with Crippen molar-refractivity contribution in [2.24, 2.45) is 5.73 Å². The Labute approximate surface area is 118 Å². The van der Waals surface area contributed by atoms with Gasteiger partial charge in [-0.1, -0.05) is 0 Å². The Hall–Kier alpha value is -1.69. The third kappa shape index (κ3) is 6.47. The van der Waals surface area contributed by atoms with Crippen molar-refractivity contribution in [3.05, 3.63) is 30.3 Å². The molecule has 6 heteroatoms. The number of halogens is 1. The van der Waals surface area contributed by atoms with Gasteiger partial charge in [-0.3, -0.25) is 4.98 Å². The molecule has 1 aliphatic heterocycles. The first kappa shape index (κ1) is 16.4. The fraction of sp³-hybridized carbons (Fsp3) is 0.571. The van der Waals surface area contributed by atoms with Crippen molar-refractivity contribution < 1.29 is 13.9 Å². The number of carbonyl (C=O) groups is 1. The van der Waals surface area contributed by atoms with Crippen LogP contribution in [0.1, 0.15) is 27.2 Å². The second kappa shape index (κ2) is 7.19. The maximum Gasteiger partial charge on any atom is 0.410 e. The smallest absolute Gasteiger partial charge is 0.410 e. The highest BCUT2D eigenvalue weighted by Gasteiger charge is 2.27. The van der Waals surface area contributed by atoms with Gasteiger partial charge in [-0.05, 0) is 39.3 Å². The molecule has 1 fully saturated rings. The zero-order valence-corrected chi connectivity index (χ0v) is 12.2. The molecule has 1 atom stereocenters. The molecule has 1 unspecified atom stereocenters. The average Bonchev–Trinajstić information content (AvgIpc) is 2.76. The Bertz CT molecular complexity index is 420. The largest absolute Gasteiger partial charge is 0.444 e. The van der Waals surface area contributed by atoms with Crippen LogP contribution in [0.2, 0.25) is 0 Å². The fourth-order valence-electron chi connectivity index (χ4n) is 1.62. The summed E-state index contributed by atoms with van der Waals surface area (Å²) >= 11 is 0. The van der Waals surface area contributed by atoms with E-state index in [-0.39, 0.29) is 18.0 Å². The quantitative estimate of drug-likeness (QED) is 0.792. The maximum absolute atomic E-state index is 11.8. The number of pyridine rings is 1. The number of hydrogen-bond donors (Lipinski definition) is 1. The lowest BCUT2D eigenvalue weighted by Gasteiger charge is -2.24. The van der Waals surface area contributed by atoms with E-state index in [1.54, 1.807) is 11.0 Å². The molecule has 0 radical (unpaired) electrons. The second-order valence-electron chi connectivity index (χ2n) is 5.65. The van der Waals surface area contributed by atoms with E-state index in [2.05, 4.69) is 4.98 Å². The molecule has 1 aliphatic rings. The van der Waals surface area contributed by atoms with E-state index in [4.69, 9.17) is 10.5 Å². The molecule has 5 nitrogen and oxygen atoms in total. The third-order valence-electron chi connectivity index (χ3n) is 2.50. The van der Waals surface area contributed by atoms with E-state index < -0.39 is 5.60 Å². The lowest BCUT2D eigenvalue weighted by Crippen LogP contribution is -2.36. The van der Waals surface area contributed by atoms with Crippen LogP contribution in [0.15, 0.2) is 24.5 Å². The zero-order chi connectivity index (χ0) is 15.2. The first-order chi connectivity index (χ1) is 9.28. The molecule has 20 heavy (non-hydrogen) atoms. The molecule has 2 N–H and O–H groups in total. The first-order valence-electron chi connectivity index (χ1n) is 6.57. The zero-order valence-electron chi connectivity index (χ0n) is 12.2. The van der Waals surface area contributed by atoms with E-state index in [1.165, 1.54) is 18.5 Å². The monoisotopic (exact) mass is 283 g/mol. The number of aromatic nitrogens is 1. The molecule has 0 aliphatic carbocycles. The van der Waals surface area contributed by atoms with Gasteiger partial charge >= 0.3 is 6.09 Å². The Balaban J connectivity index is 0.000000240. The molecule has 1 aromatic rings. The maximum atomic E-state index is 11.8. The molecule has 0 aromatic carbocycles. The van der Waals surface area contributed by atoms with E-state index in [9.17, 15) is 9.18 Å². The summed E-state index contributed by atoms with van der Waals surface area (Å²) in [5.74, 6) is -0.289. The molecule has 2 heterocycles. The summed E-state index contributed by atoms with van der Waals surface area (Å²) < 4.78 is 17.0. The topological polar surface area (TPSA) is 68.5 Å². The molecule has 1 saturated heterocycles. The van der Waals surface area contributed by atoms with Crippen LogP contribution in [0, 0.1) is 5.82 Å². The SMILES string of the molecule is CC(C)(C)OC(=O)N1CCC(N)C1.Fc1cccnc1.